The first-order valence-corrected chi connectivity index (χ1v) is 10.7. The molecule has 1 aliphatic carbocycles. The lowest BCUT2D eigenvalue weighted by Crippen LogP contribution is -2.36. The van der Waals surface area contributed by atoms with E-state index in [0.717, 1.165) is 24.4 Å². The van der Waals surface area contributed by atoms with Crippen molar-refractivity contribution in [3.63, 3.8) is 0 Å². The molecule has 2 atom stereocenters. The number of halogens is 1. The van der Waals surface area contributed by atoms with Crippen molar-refractivity contribution < 1.29 is 9.13 Å². The second-order valence-electron chi connectivity index (χ2n) is 8.08. The second-order valence-corrected chi connectivity index (χ2v) is 8.08. The Morgan fingerprint density at radius 2 is 2.07 bits per heavy atom. The van der Waals surface area contributed by atoms with E-state index in [1.807, 2.05) is 26.0 Å². The lowest BCUT2D eigenvalue weighted by Gasteiger charge is -2.33. The minimum atomic E-state index is -0.156. The molecule has 0 bridgehead atoms. The summed E-state index contributed by atoms with van der Waals surface area (Å²) in [6.07, 6.45) is 14.2. The molecule has 0 amide bonds. The SMILES string of the molecule is C/C=C(/NCCOC)N1C=C(C2=C(c3ccc(F)c(C)c3)CC(C)C=C2)C=CC1C. The minimum Gasteiger partial charge on any atom is -0.383 e. The van der Waals surface area contributed by atoms with Crippen molar-refractivity contribution in [3.05, 3.63) is 88.7 Å². The van der Waals surface area contributed by atoms with Crippen LogP contribution in [0.3, 0.4) is 0 Å². The summed E-state index contributed by atoms with van der Waals surface area (Å²) in [7, 11) is 1.71. The fraction of sp³-hybridized carbons (Fsp3) is 0.385. The third kappa shape index (κ3) is 4.93. The van der Waals surface area contributed by atoms with Crippen LogP contribution in [0.15, 0.2) is 71.7 Å². The maximum Gasteiger partial charge on any atom is 0.126 e. The molecular formula is C26H33FN2O. The van der Waals surface area contributed by atoms with E-state index in [1.54, 1.807) is 13.2 Å². The van der Waals surface area contributed by atoms with Crippen LogP contribution in [0.25, 0.3) is 5.57 Å². The van der Waals surface area contributed by atoms with Gasteiger partial charge in [-0.05, 0) is 79.2 Å². The normalized spacial score (nSPS) is 21.9. The Morgan fingerprint density at radius 1 is 1.27 bits per heavy atom. The van der Waals surface area contributed by atoms with Gasteiger partial charge in [-0.25, -0.2) is 4.39 Å². The lowest BCUT2D eigenvalue weighted by atomic mass is 9.83. The number of benzene rings is 1. The molecule has 2 unspecified atom stereocenters. The maximum atomic E-state index is 13.9. The van der Waals surface area contributed by atoms with Gasteiger partial charge in [0.25, 0.3) is 0 Å². The summed E-state index contributed by atoms with van der Waals surface area (Å²) >= 11 is 0. The van der Waals surface area contributed by atoms with E-state index in [9.17, 15) is 4.39 Å². The molecule has 2 aliphatic rings. The zero-order valence-corrected chi connectivity index (χ0v) is 18.7. The second kappa shape index (κ2) is 9.94. The van der Waals surface area contributed by atoms with Crippen LogP contribution in [0.2, 0.25) is 0 Å². The first-order chi connectivity index (χ1) is 14.4. The van der Waals surface area contributed by atoms with Crippen molar-refractivity contribution >= 4 is 5.57 Å². The molecule has 0 saturated carbocycles. The Bertz CT molecular complexity index is 923. The summed E-state index contributed by atoms with van der Waals surface area (Å²) in [6.45, 7) is 9.69. The zero-order valence-electron chi connectivity index (χ0n) is 18.7. The van der Waals surface area contributed by atoms with Gasteiger partial charge >= 0.3 is 0 Å². The van der Waals surface area contributed by atoms with E-state index in [-0.39, 0.29) is 11.9 Å². The highest BCUT2D eigenvalue weighted by Crippen LogP contribution is 2.37. The predicted molar refractivity (Wildman–Crippen MR) is 123 cm³/mol. The minimum absolute atomic E-state index is 0.156. The molecule has 30 heavy (non-hydrogen) atoms. The average molecular weight is 409 g/mol. The third-order valence-electron chi connectivity index (χ3n) is 5.70. The number of rotatable bonds is 7. The van der Waals surface area contributed by atoms with Gasteiger partial charge in [-0.3, -0.25) is 0 Å². The van der Waals surface area contributed by atoms with Crippen molar-refractivity contribution in [2.24, 2.45) is 5.92 Å². The van der Waals surface area contributed by atoms with E-state index in [0.29, 0.717) is 18.1 Å². The van der Waals surface area contributed by atoms with Crippen molar-refractivity contribution in [1.29, 1.82) is 0 Å². The van der Waals surface area contributed by atoms with Crippen LogP contribution in [-0.2, 0) is 4.74 Å². The summed E-state index contributed by atoms with van der Waals surface area (Å²) in [5.41, 5.74) is 5.43. The summed E-state index contributed by atoms with van der Waals surface area (Å²) in [6, 6.07) is 5.70. The number of hydrogen-bond donors (Lipinski definition) is 1. The van der Waals surface area contributed by atoms with E-state index < -0.39 is 0 Å². The monoisotopic (exact) mass is 408 g/mol. The average Bonchev–Trinajstić information content (AvgIpc) is 2.74. The number of hydrogen-bond acceptors (Lipinski definition) is 3. The molecule has 160 valence electrons. The smallest absolute Gasteiger partial charge is 0.126 e. The van der Waals surface area contributed by atoms with Gasteiger partial charge in [-0.15, -0.1) is 0 Å². The molecule has 0 fully saturated rings. The van der Waals surface area contributed by atoms with Gasteiger partial charge in [0.15, 0.2) is 0 Å². The molecule has 3 nitrogen and oxygen atoms in total. The first-order valence-electron chi connectivity index (χ1n) is 10.7. The molecule has 1 heterocycles. The fourth-order valence-electron chi connectivity index (χ4n) is 3.96. The highest BCUT2D eigenvalue weighted by Gasteiger charge is 2.22. The van der Waals surface area contributed by atoms with Crippen LogP contribution in [-0.4, -0.2) is 31.2 Å². The van der Waals surface area contributed by atoms with Crippen LogP contribution >= 0.6 is 0 Å². The molecule has 1 aromatic carbocycles. The van der Waals surface area contributed by atoms with Crippen LogP contribution in [0, 0.1) is 18.7 Å². The largest absolute Gasteiger partial charge is 0.383 e. The van der Waals surface area contributed by atoms with E-state index in [2.05, 4.69) is 60.6 Å². The number of aryl methyl sites for hydroxylation is 1. The summed E-state index contributed by atoms with van der Waals surface area (Å²) in [5.74, 6) is 1.37. The number of allylic oxidation sites excluding steroid dienone is 7. The lowest BCUT2D eigenvalue weighted by molar-refractivity contribution is 0.198. The van der Waals surface area contributed by atoms with Crippen molar-refractivity contribution in [3.8, 4) is 0 Å². The number of nitrogens with zero attached hydrogens (tertiary/aromatic N) is 1. The summed E-state index contributed by atoms with van der Waals surface area (Å²) in [5, 5.41) is 3.47. The van der Waals surface area contributed by atoms with Gasteiger partial charge in [0.2, 0.25) is 0 Å². The van der Waals surface area contributed by atoms with Crippen LogP contribution in [0.5, 0.6) is 0 Å². The van der Waals surface area contributed by atoms with Crippen molar-refractivity contribution in [2.45, 2.75) is 40.2 Å². The quantitative estimate of drug-likeness (QED) is 0.584. The fourth-order valence-corrected chi connectivity index (χ4v) is 3.96. The summed E-state index contributed by atoms with van der Waals surface area (Å²) < 4.78 is 19.0. The first kappa shape index (κ1) is 22.1. The molecule has 0 radical (unpaired) electrons. The van der Waals surface area contributed by atoms with Gasteiger partial charge in [0.05, 0.1) is 12.6 Å². The van der Waals surface area contributed by atoms with Crippen LogP contribution in [0.4, 0.5) is 4.39 Å². The van der Waals surface area contributed by atoms with Crippen LogP contribution in [0.1, 0.15) is 38.3 Å². The Morgan fingerprint density at radius 3 is 2.77 bits per heavy atom. The van der Waals surface area contributed by atoms with Crippen molar-refractivity contribution in [1.82, 2.24) is 10.2 Å². The van der Waals surface area contributed by atoms with Gasteiger partial charge in [0.1, 0.15) is 11.6 Å². The van der Waals surface area contributed by atoms with E-state index in [4.69, 9.17) is 4.74 Å². The highest BCUT2D eigenvalue weighted by molar-refractivity contribution is 5.78. The van der Waals surface area contributed by atoms with Gasteiger partial charge < -0.3 is 15.0 Å². The predicted octanol–water partition coefficient (Wildman–Crippen LogP) is 5.73. The number of ether oxygens (including phenoxy) is 1. The number of nitrogens with one attached hydrogen (secondary N) is 1. The molecule has 3 rings (SSSR count). The molecule has 0 saturated heterocycles. The Balaban J connectivity index is 2.00. The highest BCUT2D eigenvalue weighted by atomic mass is 19.1. The third-order valence-corrected chi connectivity index (χ3v) is 5.70. The molecule has 1 aliphatic heterocycles. The van der Waals surface area contributed by atoms with Crippen LogP contribution < -0.4 is 5.32 Å². The maximum absolute atomic E-state index is 13.9. The summed E-state index contributed by atoms with van der Waals surface area (Å²) in [4.78, 5) is 2.26. The molecule has 0 spiro atoms. The standard InChI is InChI=1S/C26H33FN2O/c1-6-26(28-13-14-30-5)29-17-22(9-8-20(29)4)23-11-7-18(2)15-24(23)21-10-12-25(27)19(3)16-21/h6-12,16-18,20,28H,13-15H2,1-5H3/b26-6-. The van der Waals surface area contributed by atoms with Gasteiger partial charge in [-0.2, -0.15) is 0 Å². The van der Waals surface area contributed by atoms with Gasteiger partial charge in [0, 0.05) is 19.9 Å². The Hall–Kier alpha value is -2.59. The van der Waals surface area contributed by atoms with Gasteiger partial charge in [-0.1, -0.05) is 37.3 Å². The molecule has 4 heteroatoms. The molecule has 1 N–H and O–H groups in total. The van der Waals surface area contributed by atoms with E-state index in [1.165, 1.54) is 16.7 Å². The Kier molecular flexibility index (Phi) is 7.33. The number of methoxy groups -OCH3 is 1. The zero-order chi connectivity index (χ0) is 21.7. The van der Waals surface area contributed by atoms with E-state index >= 15 is 0 Å². The Labute approximate surface area is 180 Å². The molecule has 0 aromatic heterocycles. The molecule has 1 aromatic rings. The van der Waals surface area contributed by atoms with Crippen molar-refractivity contribution in [2.75, 3.05) is 20.3 Å². The molecular weight excluding hydrogens is 375 g/mol. The topological polar surface area (TPSA) is 24.5 Å².